The Kier molecular flexibility index (Phi) is 7.02. The first kappa shape index (κ1) is 17.0. The number of carbonyl (C=O) groups excluding carboxylic acids is 1. The third-order valence-corrected chi connectivity index (χ3v) is 3.53. The van der Waals surface area contributed by atoms with Crippen molar-refractivity contribution in [3.05, 3.63) is 28.2 Å². The largest absolute Gasteiger partial charge is 0.496 e. The Hall–Kier alpha value is -1.07. The average molecular weight is 343 g/mol. The number of halogens is 1. The maximum absolute atomic E-state index is 11.9. The molecule has 0 radical (unpaired) electrons. The van der Waals surface area contributed by atoms with Crippen LogP contribution in [0.4, 0.5) is 0 Å². The predicted molar refractivity (Wildman–Crippen MR) is 85.0 cm³/mol. The molecule has 1 rings (SSSR count). The fourth-order valence-electron chi connectivity index (χ4n) is 1.97. The minimum atomic E-state index is 0.118. The van der Waals surface area contributed by atoms with E-state index in [1.54, 1.807) is 26.1 Å². The van der Waals surface area contributed by atoms with Crippen LogP contribution >= 0.6 is 15.9 Å². The molecule has 0 aliphatic heterocycles. The van der Waals surface area contributed by atoms with E-state index in [0.717, 1.165) is 28.8 Å². The van der Waals surface area contributed by atoms with Gasteiger partial charge < -0.3 is 9.64 Å². The highest BCUT2D eigenvalue weighted by molar-refractivity contribution is 9.10. The summed E-state index contributed by atoms with van der Waals surface area (Å²) in [4.78, 5) is 15.7. The third kappa shape index (κ3) is 5.13. The van der Waals surface area contributed by atoms with E-state index in [-0.39, 0.29) is 5.91 Å². The van der Waals surface area contributed by atoms with Gasteiger partial charge in [-0.05, 0) is 31.2 Å². The van der Waals surface area contributed by atoms with Gasteiger partial charge in [-0.15, -0.1) is 0 Å². The zero-order chi connectivity index (χ0) is 15.1. The smallest absolute Gasteiger partial charge is 0.236 e. The van der Waals surface area contributed by atoms with Crippen molar-refractivity contribution < 1.29 is 9.53 Å². The fourth-order valence-corrected chi connectivity index (χ4v) is 2.38. The number of nitrogens with zero attached hydrogens (tertiary/aromatic N) is 2. The Labute approximate surface area is 129 Å². The Morgan fingerprint density at radius 2 is 2.05 bits per heavy atom. The molecule has 4 nitrogen and oxygen atoms in total. The van der Waals surface area contributed by atoms with Gasteiger partial charge in [0.25, 0.3) is 0 Å². The standard InChI is InChI=1S/C15H23BrN2O2/c1-5-8-18(11-15(19)17(2)3)10-12-9-13(16)6-7-14(12)20-4/h6-7,9H,5,8,10-11H2,1-4H3. The summed E-state index contributed by atoms with van der Waals surface area (Å²) in [6.07, 6.45) is 1.01. The number of ether oxygens (including phenoxy) is 1. The van der Waals surface area contributed by atoms with Crippen LogP contribution in [-0.4, -0.2) is 50.0 Å². The normalized spacial score (nSPS) is 10.7. The van der Waals surface area contributed by atoms with Crippen molar-refractivity contribution >= 4 is 21.8 Å². The molecule has 0 saturated carbocycles. The topological polar surface area (TPSA) is 32.8 Å². The summed E-state index contributed by atoms with van der Waals surface area (Å²) < 4.78 is 6.41. The van der Waals surface area contributed by atoms with Crippen LogP contribution in [0.25, 0.3) is 0 Å². The van der Waals surface area contributed by atoms with E-state index in [9.17, 15) is 4.79 Å². The first-order chi connectivity index (χ1) is 9.47. The molecule has 1 amide bonds. The maximum Gasteiger partial charge on any atom is 0.236 e. The van der Waals surface area contributed by atoms with Crippen molar-refractivity contribution in [1.29, 1.82) is 0 Å². The van der Waals surface area contributed by atoms with Crippen LogP contribution in [0.15, 0.2) is 22.7 Å². The number of hydrogen-bond acceptors (Lipinski definition) is 3. The van der Waals surface area contributed by atoms with Gasteiger partial charge in [0.1, 0.15) is 5.75 Å². The monoisotopic (exact) mass is 342 g/mol. The van der Waals surface area contributed by atoms with Gasteiger partial charge in [-0.2, -0.15) is 0 Å². The van der Waals surface area contributed by atoms with Crippen molar-refractivity contribution in [3.63, 3.8) is 0 Å². The first-order valence-electron chi connectivity index (χ1n) is 6.72. The number of hydrogen-bond donors (Lipinski definition) is 0. The van der Waals surface area contributed by atoms with Crippen LogP contribution in [0.3, 0.4) is 0 Å². The van der Waals surface area contributed by atoms with Gasteiger partial charge in [0, 0.05) is 30.7 Å². The Morgan fingerprint density at radius 1 is 1.35 bits per heavy atom. The molecule has 1 aromatic carbocycles. The summed E-state index contributed by atoms with van der Waals surface area (Å²) in [5.74, 6) is 0.971. The van der Waals surface area contributed by atoms with Crippen LogP contribution in [0, 0.1) is 0 Å². The summed E-state index contributed by atoms with van der Waals surface area (Å²) in [5, 5.41) is 0. The van der Waals surface area contributed by atoms with Crippen LogP contribution < -0.4 is 4.74 Å². The highest BCUT2D eigenvalue weighted by atomic mass is 79.9. The maximum atomic E-state index is 11.9. The summed E-state index contributed by atoms with van der Waals surface area (Å²) in [6.45, 7) is 4.13. The number of carbonyl (C=O) groups is 1. The molecule has 0 bridgehead atoms. The number of methoxy groups -OCH3 is 1. The van der Waals surface area contributed by atoms with Gasteiger partial charge in [0.2, 0.25) is 5.91 Å². The molecule has 0 unspecified atom stereocenters. The van der Waals surface area contributed by atoms with Crippen molar-refractivity contribution in [2.24, 2.45) is 0 Å². The molecule has 0 aliphatic rings. The minimum absolute atomic E-state index is 0.118. The lowest BCUT2D eigenvalue weighted by molar-refractivity contribution is -0.130. The highest BCUT2D eigenvalue weighted by Crippen LogP contribution is 2.24. The minimum Gasteiger partial charge on any atom is -0.496 e. The molecule has 0 atom stereocenters. The van der Waals surface area contributed by atoms with Crippen LogP contribution in [0.1, 0.15) is 18.9 Å². The molecule has 1 aromatic rings. The second-order valence-corrected chi connectivity index (χ2v) is 5.87. The number of rotatable bonds is 7. The second-order valence-electron chi connectivity index (χ2n) is 4.95. The van der Waals surface area contributed by atoms with E-state index >= 15 is 0 Å². The molecule has 112 valence electrons. The Morgan fingerprint density at radius 3 is 2.60 bits per heavy atom. The zero-order valence-electron chi connectivity index (χ0n) is 12.6. The zero-order valence-corrected chi connectivity index (χ0v) is 14.2. The molecule has 20 heavy (non-hydrogen) atoms. The van der Waals surface area contributed by atoms with E-state index in [0.29, 0.717) is 13.1 Å². The number of benzene rings is 1. The van der Waals surface area contributed by atoms with E-state index in [4.69, 9.17) is 4.74 Å². The van der Waals surface area contributed by atoms with Crippen LogP contribution in [-0.2, 0) is 11.3 Å². The molecule has 0 fully saturated rings. The van der Waals surface area contributed by atoms with Crippen molar-refractivity contribution in [2.45, 2.75) is 19.9 Å². The summed E-state index contributed by atoms with van der Waals surface area (Å²) in [5.41, 5.74) is 1.09. The molecule has 0 saturated heterocycles. The molecule has 0 aliphatic carbocycles. The van der Waals surface area contributed by atoms with E-state index in [1.165, 1.54) is 0 Å². The summed E-state index contributed by atoms with van der Waals surface area (Å²) in [7, 11) is 5.24. The van der Waals surface area contributed by atoms with Gasteiger partial charge >= 0.3 is 0 Å². The summed E-state index contributed by atoms with van der Waals surface area (Å²) in [6, 6.07) is 5.94. The van der Waals surface area contributed by atoms with Gasteiger partial charge in [0.05, 0.1) is 13.7 Å². The van der Waals surface area contributed by atoms with Crippen molar-refractivity contribution in [2.75, 3.05) is 34.3 Å². The molecule has 5 heteroatoms. The van der Waals surface area contributed by atoms with Gasteiger partial charge in [-0.1, -0.05) is 22.9 Å². The summed E-state index contributed by atoms with van der Waals surface area (Å²) >= 11 is 3.48. The predicted octanol–water partition coefficient (Wildman–Crippen LogP) is 2.76. The Balaban J connectivity index is 2.84. The van der Waals surface area contributed by atoms with Crippen molar-refractivity contribution in [3.8, 4) is 5.75 Å². The average Bonchev–Trinajstić information content (AvgIpc) is 2.39. The lowest BCUT2D eigenvalue weighted by Gasteiger charge is -2.24. The lowest BCUT2D eigenvalue weighted by atomic mass is 10.2. The van der Waals surface area contributed by atoms with Gasteiger partial charge in [-0.3, -0.25) is 9.69 Å². The van der Waals surface area contributed by atoms with E-state index < -0.39 is 0 Å². The van der Waals surface area contributed by atoms with Gasteiger partial charge in [0.15, 0.2) is 0 Å². The SMILES string of the molecule is CCCN(CC(=O)N(C)C)Cc1cc(Br)ccc1OC. The molecular formula is C15H23BrN2O2. The molecule has 0 N–H and O–H groups in total. The van der Waals surface area contributed by atoms with Crippen LogP contribution in [0.5, 0.6) is 5.75 Å². The number of amides is 1. The lowest BCUT2D eigenvalue weighted by Crippen LogP contribution is -2.36. The second kappa shape index (κ2) is 8.27. The first-order valence-corrected chi connectivity index (χ1v) is 7.52. The van der Waals surface area contributed by atoms with E-state index in [2.05, 4.69) is 27.8 Å². The molecule has 0 heterocycles. The molecule has 0 aromatic heterocycles. The van der Waals surface area contributed by atoms with Crippen LogP contribution in [0.2, 0.25) is 0 Å². The van der Waals surface area contributed by atoms with Gasteiger partial charge in [-0.25, -0.2) is 0 Å². The molecule has 0 spiro atoms. The molecular weight excluding hydrogens is 320 g/mol. The van der Waals surface area contributed by atoms with E-state index in [1.807, 2.05) is 18.2 Å². The third-order valence-electron chi connectivity index (χ3n) is 3.03. The number of likely N-dealkylation sites (N-methyl/N-ethyl adjacent to an activating group) is 1. The Bertz CT molecular complexity index is 449. The quantitative estimate of drug-likeness (QED) is 0.763. The van der Waals surface area contributed by atoms with Crippen molar-refractivity contribution in [1.82, 2.24) is 9.80 Å². The fraction of sp³-hybridized carbons (Fsp3) is 0.533. The highest BCUT2D eigenvalue weighted by Gasteiger charge is 2.14.